The zero-order chi connectivity index (χ0) is 11.1. The molecule has 1 atom stereocenters. The highest BCUT2D eigenvalue weighted by atomic mass is 79.9. The zero-order valence-corrected chi connectivity index (χ0v) is 11.7. The lowest BCUT2D eigenvalue weighted by Gasteiger charge is -2.16. The van der Waals surface area contributed by atoms with Gasteiger partial charge in [-0.25, -0.2) is 0 Å². The fraction of sp³-hybridized carbons (Fsp3) is 0.636. The summed E-state index contributed by atoms with van der Waals surface area (Å²) in [6.45, 7) is 3.92. The molecule has 1 aromatic rings. The molecule has 15 heavy (non-hydrogen) atoms. The second-order valence-corrected chi connectivity index (χ2v) is 5.87. The fourth-order valence-electron chi connectivity index (χ4n) is 1.49. The van der Waals surface area contributed by atoms with Crippen LogP contribution in [0.25, 0.3) is 0 Å². The first kappa shape index (κ1) is 13.2. The van der Waals surface area contributed by atoms with E-state index >= 15 is 0 Å². The van der Waals surface area contributed by atoms with Gasteiger partial charge in [0.25, 0.3) is 0 Å². The molecule has 0 amide bonds. The van der Waals surface area contributed by atoms with Crippen molar-refractivity contribution < 1.29 is 4.74 Å². The number of hydrogen-bond donors (Lipinski definition) is 1. The number of ether oxygens (including phenoxy) is 1. The van der Waals surface area contributed by atoms with Crippen LogP contribution in [0.3, 0.4) is 0 Å². The Kier molecular flexibility index (Phi) is 6.48. The first-order chi connectivity index (χ1) is 7.26. The number of thiophene rings is 1. The van der Waals surface area contributed by atoms with E-state index < -0.39 is 0 Å². The van der Waals surface area contributed by atoms with E-state index in [-0.39, 0.29) is 0 Å². The molecule has 0 radical (unpaired) electrons. The Bertz CT molecular complexity index is 271. The molecule has 1 rings (SSSR count). The molecular weight excluding hydrogens is 274 g/mol. The first-order valence-electron chi connectivity index (χ1n) is 5.21. The van der Waals surface area contributed by atoms with Gasteiger partial charge in [0.15, 0.2) is 0 Å². The molecule has 1 N–H and O–H groups in total. The van der Waals surface area contributed by atoms with Gasteiger partial charge in [0.05, 0.1) is 10.4 Å². The summed E-state index contributed by atoms with van der Waals surface area (Å²) in [4.78, 5) is 0. The number of methoxy groups -OCH3 is 1. The summed E-state index contributed by atoms with van der Waals surface area (Å²) < 4.78 is 6.37. The molecule has 1 unspecified atom stereocenters. The third-order valence-corrected chi connectivity index (χ3v) is 3.77. The van der Waals surface area contributed by atoms with Crippen molar-refractivity contribution in [3.8, 4) is 0 Å². The van der Waals surface area contributed by atoms with Gasteiger partial charge in [-0.2, -0.15) is 0 Å². The Balaban J connectivity index is 2.32. The molecule has 0 aliphatic carbocycles. The standard InChI is InChI=1S/C11H18BrNOS/c1-3-4-10(7-14-2)13-6-9-5-11(12)15-8-9/h5,8,10,13H,3-4,6-7H2,1-2H3. The van der Waals surface area contributed by atoms with Crippen LogP contribution in [0.2, 0.25) is 0 Å². The molecule has 0 saturated heterocycles. The van der Waals surface area contributed by atoms with Crippen molar-refractivity contribution >= 4 is 27.3 Å². The van der Waals surface area contributed by atoms with E-state index in [1.807, 2.05) is 0 Å². The van der Waals surface area contributed by atoms with E-state index in [9.17, 15) is 0 Å². The van der Waals surface area contributed by atoms with Crippen LogP contribution in [0.15, 0.2) is 15.2 Å². The molecule has 0 saturated carbocycles. The van der Waals surface area contributed by atoms with Crippen molar-refractivity contribution in [1.82, 2.24) is 5.32 Å². The minimum atomic E-state index is 0.471. The molecule has 0 bridgehead atoms. The van der Waals surface area contributed by atoms with E-state index in [1.54, 1.807) is 18.4 Å². The fourth-order valence-corrected chi connectivity index (χ4v) is 2.70. The lowest BCUT2D eigenvalue weighted by Crippen LogP contribution is -2.32. The highest BCUT2D eigenvalue weighted by Gasteiger charge is 2.06. The summed E-state index contributed by atoms with van der Waals surface area (Å²) >= 11 is 5.19. The van der Waals surface area contributed by atoms with Gasteiger partial charge in [-0.05, 0) is 39.4 Å². The van der Waals surface area contributed by atoms with Crippen LogP contribution in [0.1, 0.15) is 25.3 Å². The molecular formula is C11H18BrNOS. The number of halogens is 1. The van der Waals surface area contributed by atoms with Crippen molar-refractivity contribution in [1.29, 1.82) is 0 Å². The van der Waals surface area contributed by atoms with Crippen molar-refractivity contribution in [2.45, 2.75) is 32.4 Å². The molecule has 0 aliphatic rings. The maximum atomic E-state index is 5.18. The van der Waals surface area contributed by atoms with Crippen molar-refractivity contribution in [2.75, 3.05) is 13.7 Å². The Labute approximate surface area is 104 Å². The summed E-state index contributed by atoms with van der Waals surface area (Å²) in [7, 11) is 1.76. The smallest absolute Gasteiger partial charge is 0.0701 e. The van der Waals surface area contributed by atoms with Crippen molar-refractivity contribution in [3.63, 3.8) is 0 Å². The molecule has 1 aromatic heterocycles. The maximum Gasteiger partial charge on any atom is 0.0701 e. The predicted octanol–water partition coefficient (Wildman–Crippen LogP) is 3.42. The molecule has 0 aliphatic heterocycles. The summed E-state index contributed by atoms with van der Waals surface area (Å²) in [5, 5.41) is 5.69. The Morgan fingerprint density at radius 3 is 2.93 bits per heavy atom. The molecule has 0 spiro atoms. The van der Waals surface area contributed by atoms with Crippen molar-refractivity contribution in [3.05, 3.63) is 20.8 Å². The summed E-state index contributed by atoms with van der Waals surface area (Å²) in [6.07, 6.45) is 2.35. The minimum absolute atomic E-state index is 0.471. The van der Waals surface area contributed by atoms with Gasteiger partial charge in [-0.3, -0.25) is 0 Å². The Morgan fingerprint density at radius 2 is 2.40 bits per heavy atom. The quantitative estimate of drug-likeness (QED) is 0.831. The van der Waals surface area contributed by atoms with Gasteiger partial charge in [0.1, 0.15) is 0 Å². The van der Waals surface area contributed by atoms with Gasteiger partial charge >= 0.3 is 0 Å². The van der Waals surface area contributed by atoms with Crippen LogP contribution in [-0.2, 0) is 11.3 Å². The van der Waals surface area contributed by atoms with Crippen molar-refractivity contribution in [2.24, 2.45) is 0 Å². The molecule has 2 nitrogen and oxygen atoms in total. The van der Waals surface area contributed by atoms with Gasteiger partial charge in [-0.1, -0.05) is 13.3 Å². The van der Waals surface area contributed by atoms with E-state index in [0.717, 1.165) is 13.2 Å². The molecule has 1 heterocycles. The average molecular weight is 292 g/mol. The van der Waals surface area contributed by atoms with Crippen LogP contribution < -0.4 is 5.32 Å². The lowest BCUT2D eigenvalue weighted by atomic mass is 10.2. The molecule has 0 aromatic carbocycles. The van der Waals surface area contributed by atoms with Gasteiger partial charge in [0.2, 0.25) is 0 Å². The van der Waals surface area contributed by atoms with Crippen LogP contribution in [0.5, 0.6) is 0 Å². The van der Waals surface area contributed by atoms with E-state index in [4.69, 9.17) is 4.74 Å². The van der Waals surface area contributed by atoms with Crippen LogP contribution >= 0.6 is 27.3 Å². The predicted molar refractivity (Wildman–Crippen MR) is 69.4 cm³/mol. The SMILES string of the molecule is CCCC(COC)NCc1csc(Br)c1. The highest BCUT2D eigenvalue weighted by molar-refractivity contribution is 9.11. The summed E-state index contributed by atoms with van der Waals surface area (Å²) in [5.74, 6) is 0. The Hall–Kier alpha value is 0.100. The summed E-state index contributed by atoms with van der Waals surface area (Å²) in [6, 6.07) is 2.63. The number of rotatable bonds is 7. The van der Waals surface area contributed by atoms with Gasteiger partial charge in [-0.15, -0.1) is 11.3 Å². The Morgan fingerprint density at radius 1 is 1.60 bits per heavy atom. The second-order valence-electron chi connectivity index (χ2n) is 3.58. The minimum Gasteiger partial charge on any atom is -0.383 e. The van der Waals surface area contributed by atoms with E-state index in [1.165, 1.54) is 22.2 Å². The zero-order valence-electron chi connectivity index (χ0n) is 9.25. The normalized spacial score (nSPS) is 13.0. The maximum absolute atomic E-state index is 5.18. The summed E-state index contributed by atoms with van der Waals surface area (Å²) in [5.41, 5.74) is 1.34. The topological polar surface area (TPSA) is 21.3 Å². The van der Waals surface area contributed by atoms with E-state index in [0.29, 0.717) is 6.04 Å². The van der Waals surface area contributed by atoms with Gasteiger partial charge < -0.3 is 10.1 Å². The first-order valence-corrected chi connectivity index (χ1v) is 6.88. The molecule has 4 heteroatoms. The lowest BCUT2D eigenvalue weighted by molar-refractivity contribution is 0.161. The molecule has 86 valence electrons. The second kappa shape index (κ2) is 7.39. The largest absolute Gasteiger partial charge is 0.383 e. The van der Waals surface area contributed by atoms with E-state index in [2.05, 4.69) is 39.6 Å². The monoisotopic (exact) mass is 291 g/mol. The van der Waals surface area contributed by atoms with Crippen LogP contribution in [0.4, 0.5) is 0 Å². The van der Waals surface area contributed by atoms with Gasteiger partial charge in [0, 0.05) is 19.7 Å². The third kappa shape index (κ3) is 5.11. The number of hydrogen-bond acceptors (Lipinski definition) is 3. The average Bonchev–Trinajstić information content (AvgIpc) is 2.61. The van der Waals surface area contributed by atoms with Crippen LogP contribution in [0, 0.1) is 0 Å². The highest BCUT2D eigenvalue weighted by Crippen LogP contribution is 2.20. The molecule has 0 fully saturated rings. The number of nitrogens with one attached hydrogen (secondary N) is 1. The van der Waals surface area contributed by atoms with Crippen LogP contribution in [-0.4, -0.2) is 19.8 Å². The third-order valence-electron chi connectivity index (χ3n) is 2.22.